The molecule has 0 unspecified atom stereocenters. The van der Waals surface area contributed by atoms with Crippen molar-refractivity contribution in [3.8, 4) is 0 Å². The van der Waals surface area contributed by atoms with Gasteiger partial charge in [0.25, 0.3) is 0 Å². The zero-order valence-corrected chi connectivity index (χ0v) is 13.1. The lowest BCUT2D eigenvalue weighted by atomic mass is 10.0. The van der Waals surface area contributed by atoms with Crippen molar-refractivity contribution in [3.05, 3.63) is 34.9 Å². The molecule has 0 aromatic heterocycles. The molecule has 1 atom stereocenters. The van der Waals surface area contributed by atoms with Crippen LogP contribution in [0.3, 0.4) is 0 Å². The highest BCUT2D eigenvalue weighted by Gasteiger charge is 2.34. The first-order valence-corrected chi connectivity index (χ1v) is 8.09. The molecule has 1 aromatic rings. The van der Waals surface area contributed by atoms with E-state index >= 15 is 0 Å². The molecular weight excluding hydrogens is 302 g/mol. The van der Waals surface area contributed by atoms with Gasteiger partial charge < -0.3 is 15.5 Å². The number of halogens is 1. The summed E-state index contributed by atoms with van der Waals surface area (Å²) in [5, 5.41) is 6.61. The molecule has 0 radical (unpaired) electrons. The summed E-state index contributed by atoms with van der Waals surface area (Å²) >= 11 is 5.94. The summed E-state index contributed by atoms with van der Waals surface area (Å²) < 4.78 is 0. The highest BCUT2D eigenvalue weighted by molar-refractivity contribution is 6.30. The van der Waals surface area contributed by atoms with Gasteiger partial charge in [0, 0.05) is 31.1 Å². The van der Waals surface area contributed by atoms with Gasteiger partial charge in [0.2, 0.25) is 5.91 Å². The SMILES string of the molecule is O=C1CCN(C(=O)N[C@H](c2ccc(Cl)cc2)C2CC2)CCN1. The van der Waals surface area contributed by atoms with Gasteiger partial charge in [-0.2, -0.15) is 0 Å². The Kier molecular flexibility index (Phi) is 4.52. The number of nitrogens with one attached hydrogen (secondary N) is 2. The van der Waals surface area contributed by atoms with Crippen molar-refractivity contribution in [2.45, 2.75) is 25.3 Å². The number of hydrogen-bond acceptors (Lipinski definition) is 2. The third-order valence-corrected chi connectivity index (χ3v) is 4.45. The molecule has 1 heterocycles. The third kappa shape index (κ3) is 3.71. The van der Waals surface area contributed by atoms with E-state index in [4.69, 9.17) is 11.6 Å². The second-order valence-corrected chi connectivity index (χ2v) is 6.34. The van der Waals surface area contributed by atoms with E-state index in [1.54, 1.807) is 4.90 Å². The molecule has 0 bridgehead atoms. The average Bonchev–Trinajstić information content (AvgIpc) is 3.33. The molecule has 2 fully saturated rings. The fourth-order valence-corrected chi connectivity index (χ4v) is 2.89. The van der Waals surface area contributed by atoms with Crippen LogP contribution in [0.25, 0.3) is 0 Å². The number of urea groups is 1. The first kappa shape index (κ1) is 15.2. The van der Waals surface area contributed by atoms with Crippen molar-refractivity contribution < 1.29 is 9.59 Å². The van der Waals surface area contributed by atoms with Crippen molar-refractivity contribution >= 4 is 23.5 Å². The largest absolute Gasteiger partial charge is 0.354 e. The first-order chi connectivity index (χ1) is 10.6. The van der Waals surface area contributed by atoms with Crippen LogP contribution in [-0.4, -0.2) is 36.5 Å². The summed E-state index contributed by atoms with van der Waals surface area (Å²) in [6.07, 6.45) is 2.63. The van der Waals surface area contributed by atoms with Gasteiger partial charge in [-0.3, -0.25) is 4.79 Å². The molecule has 1 saturated carbocycles. The summed E-state index contributed by atoms with van der Waals surface area (Å²) in [5.74, 6) is 0.503. The highest BCUT2D eigenvalue weighted by Crippen LogP contribution is 2.41. The molecule has 3 amide bonds. The smallest absolute Gasteiger partial charge is 0.317 e. The summed E-state index contributed by atoms with van der Waals surface area (Å²) in [6, 6.07) is 7.58. The van der Waals surface area contributed by atoms with Gasteiger partial charge in [-0.1, -0.05) is 23.7 Å². The lowest BCUT2D eigenvalue weighted by molar-refractivity contribution is -0.120. The van der Waals surface area contributed by atoms with Gasteiger partial charge in [-0.05, 0) is 36.5 Å². The van der Waals surface area contributed by atoms with Crippen LogP contribution in [0.4, 0.5) is 4.79 Å². The van der Waals surface area contributed by atoms with Crippen molar-refractivity contribution in [2.24, 2.45) is 5.92 Å². The quantitative estimate of drug-likeness (QED) is 0.897. The maximum Gasteiger partial charge on any atom is 0.317 e. The summed E-state index contributed by atoms with van der Waals surface area (Å²) in [6.45, 7) is 1.53. The molecule has 2 N–H and O–H groups in total. The Morgan fingerprint density at radius 2 is 2.00 bits per heavy atom. The normalized spacial score (nSPS) is 20.0. The lowest BCUT2D eigenvalue weighted by Crippen LogP contribution is -2.43. The molecule has 5 nitrogen and oxygen atoms in total. The fraction of sp³-hybridized carbons (Fsp3) is 0.500. The molecule has 1 aliphatic heterocycles. The van der Waals surface area contributed by atoms with E-state index in [1.807, 2.05) is 24.3 Å². The van der Waals surface area contributed by atoms with Crippen LogP contribution in [0.2, 0.25) is 5.02 Å². The Morgan fingerprint density at radius 1 is 1.27 bits per heavy atom. The van der Waals surface area contributed by atoms with Crippen LogP contribution in [-0.2, 0) is 4.79 Å². The molecule has 1 aliphatic carbocycles. The van der Waals surface area contributed by atoms with Gasteiger partial charge in [-0.15, -0.1) is 0 Å². The molecule has 118 valence electrons. The van der Waals surface area contributed by atoms with Crippen LogP contribution < -0.4 is 10.6 Å². The summed E-state index contributed by atoms with van der Waals surface area (Å²) in [5.41, 5.74) is 1.09. The van der Waals surface area contributed by atoms with Crippen LogP contribution in [0.5, 0.6) is 0 Å². The zero-order chi connectivity index (χ0) is 15.5. The minimum atomic E-state index is -0.0941. The Hall–Kier alpha value is -1.75. The van der Waals surface area contributed by atoms with Gasteiger partial charge in [0.05, 0.1) is 6.04 Å². The number of carbonyl (C=O) groups excluding carboxylic acids is 2. The molecule has 2 aliphatic rings. The van der Waals surface area contributed by atoms with E-state index in [0.717, 1.165) is 18.4 Å². The summed E-state index contributed by atoms with van der Waals surface area (Å²) in [4.78, 5) is 25.6. The molecule has 1 aromatic carbocycles. The van der Waals surface area contributed by atoms with Gasteiger partial charge in [0.1, 0.15) is 0 Å². The predicted octanol–water partition coefficient (Wildman–Crippen LogP) is 2.32. The molecule has 3 rings (SSSR count). The topological polar surface area (TPSA) is 61.4 Å². The van der Waals surface area contributed by atoms with Gasteiger partial charge >= 0.3 is 6.03 Å². The molecule has 22 heavy (non-hydrogen) atoms. The standard InChI is InChI=1S/C16H20ClN3O2/c17-13-5-3-12(4-6-13)15(11-1-2-11)19-16(22)20-9-7-14(21)18-8-10-20/h3-6,11,15H,1-2,7-10H2,(H,18,21)(H,19,22)/t15-/m0/s1. The van der Waals surface area contributed by atoms with E-state index in [1.165, 1.54) is 0 Å². The van der Waals surface area contributed by atoms with E-state index in [-0.39, 0.29) is 18.0 Å². The van der Waals surface area contributed by atoms with Crippen molar-refractivity contribution in [3.63, 3.8) is 0 Å². The number of rotatable bonds is 3. The Morgan fingerprint density at radius 3 is 2.68 bits per heavy atom. The number of benzene rings is 1. The molecule has 0 spiro atoms. The highest BCUT2D eigenvalue weighted by atomic mass is 35.5. The monoisotopic (exact) mass is 321 g/mol. The van der Waals surface area contributed by atoms with Crippen LogP contribution in [0.1, 0.15) is 30.9 Å². The van der Waals surface area contributed by atoms with Crippen molar-refractivity contribution in [1.82, 2.24) is 15.5 Å². The van der Waals surface area contributed by atoms with Crippen LogP contribution in [0.15, 0.2) is 24.3 Å². The molecule has 1 saturated heterocycles. The second-order valence-electron chi connectivity index (χ2n) is 5.90. The van der Waals surface area contributed by atoms with E-state index in [9.17, 15) is 9.59 Å². The molecule has 6 heteroatoms. The second kappa shape index (κ2) is 6.57. The van der Waals surface area contributed by atoms with E-state index in [2.05, 4.69) is 10.6 Å². The number of nitrogens with zero attached hydrogens (tertiary/aromatic N) is 1. The number of carbonyl (C=O) groups is 2. The van der Waals surface area contributed by atoms with Gasteiger partial charge in [-0.25, -0.2) is 4.79 Å². The van der Waals surface area contributed by atoms with Crippen LogP contribution in [0, 0.1) is 5.92 Å². The number of amides is 3. The Labute approximate surface area is 135 Å². The van der Waals surface area contributed by atoms with Crippen LogP contribution >= 0.6 is 11.6 Å². The summed E-state index contributed by atoms with van der Waals surface area (Å²) in [7, 11) is 0. The molecular formula is C16H20ClN3O2. The maximum absolute atomic E-state index is 12.5. The van der Waals surface area contributed by atoms with Gasteiger partial charge in [0.15, 0.2) is 0 Å². The Bertz CT molecular complexity index is 557. The van der Waals surface area contributed by atoms with E-state index < -0.39 is 0 Å². The number of hydrogen-bond donors (Lipinski definition) is 2. The van der Waals surface area contributed by atoms with E-state index in [0.29, 0.717) is 37.0 Å². The lowest BCUT2D eigenvalue weighted by Gasteiger charge is -2.25. The zero-order valence-electron chi connectivity index (χ0n) is 12.3. The first-order valence-electron chi connectivity index (χ1n) is 7.71. The minimum Gasteiger partial charge on any atom is -0.354 e. The third-order valence-electron chi connectivity index (χ3n) is 4.20. The maximum atomic E-state index is 12.5. The minimum absolute atomic E-state index is 0.00624. The predicted molar refractivity (Wildman–Crippen MR) is 84.6 cm³/mol. The van der Waals surface area contributed by atoms with Crippen molar-refractivity contribution in [2.75, 3.05) is 19.6 Å². The fourth-order valence-electron chi connectivity index (χ4n) is 2.77. The average molecular weight is 322 g/mol. The Balaban J connectivity index is 1.67. The van der Waals surface area contributed by atoms with Crippen molar-refractivity contribution in [1.29, 1.82) is 0 Å².